The topological polar surface area (TPSA) is 108 Å². The van der Waals surface area contributed by atoms with Crippen LogP contribution in [0, 0.1) is 0 Å². The molecule has 0 aromatic carbocycles. The van der Waals surface area contributed by atoms with E-state index in [0.717, 1.165) is 109 Å². The highest BCUT2D eigenvalue weighted by molar-refractivity contribution is 5.71. The van der Waals surface area contributed by atoms with E-state index in [1.54, 1.807) is 0 Å². The molecule has 0 aromatic rings. The standard InChI is InChI=1S/C87H149NO8/c1-6-8-10-12-14-16-18-20-22-24-26-28-30-32-34-36-38-40-42-43-44-46-48-50-52-54-56-58-60-62-64-66-68-70-72-74-76-78-85(90)96-83(82-95-87(86(91)92)93-80-79-88(3,4)5)81-94-84(89)77-75-73-71-69-67-65-63-61-59-57-55-53-51-49-47-45-41-39-37-35-33-31-29-27-25-23-21-19-17-15-13-11-9-7-2/h8,10,14,16,20,22,26,28,32,34,38,40,43-44,48,50,54,56,60,62,66,68,83,87H,6-7,9,11-13,15,17-19,21,23-25,27,29-31,33,35-37,39,41-42,45-47,49,51-53,55,57-59,61,63-65,67,69-82H2,1-5H3/p+1/b10-8-,16-14-,22-20-,28-26-,34-32-,40-38-,44-43-,50-48-,56-54-,62-60-,68-66-. The zero-order valence-corrected chi connectivity index (χ0v) is 63.0. The molecule has 2 unspecified atom stereocenters. The monoisotopic (exact) mass is 1340 g/mol. The van der Waals surface area contributed by atoms with E-state index in [0.29, 0.717) is 23.9 Å². The number of unbranched alkanes of at least 4 members (excludes halogenated alkanes) is 36. The summed E-state index contributed by atoms with van der Waals surface area (Å²) >= 11 is 0. The summed E-state index contributed by atoms with van der Waals surface area (Å²) in [6.45, 7) is 4.75. The normalized spacial score (nSPS) is 13.4. The Morgan fingerprint density at radius 1 is 0.323 bits per heavy atom. The van der Waals surface area contributed by atoms with Crippen molar-refractivity contribution in [1.82, 2.24) is 0 Å². The van der Waals surface area contributed by atoms with E-state index in [1.165, 1.54) is 199 Å². The SMILES string of the molecule is CC/C=C\C/C=C\C/C=C\C/C=C\C/C=C\C/C=C\C/C=C\C/C=C\C/C=C\C/C=C\C/C=C\CCCCCC(=O)OC(COC(=O)CCCCCCCCCCCCCCCCCCCCCCCCCCCCCCCCCCCC)COC(OCC[N+](C)(C)C)C(=O)O. The summed E-state index contributed by atoms with van der Waals surface area (Å²) in [5, 5.41) is 9.77. The predicted octanol–water partition coefficient (Wildman–Crippen LogP) is 25.6. The quantitative estimate of drug-likeness (QED) is 0.0211. The fourth-order valence-corrected chi connectivity index (χ4v) is 11.1. The molecule has 0 aliphatic carbocycles. The second kappa shape index (κ2) is 76.2. The molecule has 0 saturated heterocycles. The van der Waals surface area contributed by atoms with E-state index >= 15 is 0 Å². The molecule has 1 N–H and O–H groups in total. The largest absolute Gasteiger partial charge is 0.477 e. The molecule has 0 bridgehead atoms. The summed E-state index contributed by atoms with van der Waals surface area (Å²) in [6.07, 6.45) is 108. The van der Waals surface area contributed by atoms with Gasteiger partial charge in [-0.2, -0.15) is 0 Å². The molecule has 9 nitrogen and oxygen atoms in total. The molecule has 0 heterocycles. The Hall–Kier alpha value is -4.57. The molecule has 550 valence electrons. The Bertz CT molecular complexity index is 2050. The first kappa shape index (κ1) is 91.4. The number of carbonyl (C=O) groups is 3. The van der Waals surface area contributed by atoms with Crippen LogP contribution in [0.15, 0.2) is 134 Å². The van der Waals surface area contributed by atoms with Gasteiger partial charge in [-0.1, -0.05) is 366 Å². The molecule has 0 aliphatic heterocycles. The number of nitrogens with zero attached hydrogens (tertiary/aromatic N) is 1. The summed E-state index contributed by atoms with van der Waals surface area (Å²) in [4.78, 5) is 37.7. The second-order valence-electron chi connectivity index (χ2n) is 27.7. The highest BCUT2D eigenvalue weighted by Crippen LogP contribution is 2.19. The maximum atomic E-state index is 13.0. The van der Waals surface area contributed by atoms with E-state index in [2.05, 4.69) is 148 Å². The van der Waals surface area contributed by atoms with Crippen LogP contribution in [-0.2, 0) is 33.3 Å². The molecule has 0 radical (unpaired) electrons. The van der Waals surface area contributed by atoms with Gasteiger partial charge in [0.05, 0.1) is 34.4 Å². The number of carbonyl (C=O) groups excluding carboxylic acids is 2. The van der Waals surface area contributed by atoms with Gasteiger partial charge in [-0.25, -0.2) is 4.79 Å². The van der Waals surface area contributed by atoms with Crippen molar-refractivity contribution in [3.05, 3.63) is 134 Å². The number of aliphatic carboxylic acids is 1. The third-order valence-corrected chi connectivity index (χ3v) is 17.2. The van der Waals surface area contributed by atoms with Crippen molar-refractivity contribution in [1.29, 1.82) is 0 Å². The number of hydrogen-bond donors (Lipinski definition) is 1. The van der Waals surface area contributed by atoms with Gasteiger partial charge in [0.1, 0.15) is 13.2 Å². The minimum atomic E-state index is -1.53. The minimum absolute atomic E-state index is 0.176. The molecule has 0 aromatic heterocycles. The maximum Gasteiger partial charge on any atom is 0.361 e. The van der Waals surface area contributed by atoms with Crippen LogP contribution in [0.25, 0.3) is 0 Å². The lowest BCUT2D eigenvalue weighted by atomic mass is 10.0. The number of allylic oxidation sites excluding steroid dienone is 22. The third-order valence-electron chi connectivity index (χ3n) is 17.2. The van der Waals surface area contributed by atoms with Crippen LogP contribution in [0.4, 0.5) is 0 Å². The molecular weight excluding hydrogens is 1190 g/mol. The van der Waals surface area contributed by atoms with E-state index in [-0.39, 0.29) is 32.2 Å². The lowest BCUT2D eigenvalue weighted by Crippen LogP contribution is -2.40. The van der Waals surface area contributed by atoms with Crippen molar-refractivity contribution >= 4 is 17.9 Å². The molecule has 0 saturated carbocycles. The van der Waals surface area contributed by atoms with E-state index in [1.807, 2.05) is 21.1 Å². The Balaban J connectivity index is 4.13. The predicted molar refractivity (Wildman–Crippen MR) is 414 cm³/mol. The lowest BCUT2D eigenvalue weighted by Gasteiger charge is -2.25. The van der Waals surface area contributed by atoms with Crippen molar-refractivity contribution in [2.24, 2.45) is 0 Å². The number of hydrogen-bond acceptors (Lipinski definition) is 7. The van der Waals surface area contributed by atoms with Gasteiger partial charge in [-0.3, -0.25) is 9.59 Å². The van der Waals surface area contributed by atoms with Crippen LogP contribution in [0.3, 0.4) is 0 Å². The summed E-state index contributed by atoms with van der Waals surface area (Å²) in [7, 11) is 5.97. The second-order valence-corrected chi connectivity index (χ2v) is 27.7. The molecule has 0 amide bonds. The van der Waals surface area contributed by atoms with Crippen LogP contribution in [0.5, 0.6) is 0 Å². The van der Waals surface area contributed by atoms with Gasteiger partial charge in [0.15, 0.2) is 6.10 Å². The van der Waals surface area contributed by atoms with Gasteiger partial charge in [0.2, 0.25) is 0 Å². The molecule has 0 fully saturated rings. The zero-order chi connectivity index (χ0) is 69.7. The number of carboxylic acid groups (broad SMARTS) is 1. The maximum absolute atomic E-state index is 13.0. The molecule has 2 atom stereocenters. The van der Waals surface area contributed by atoms with Crippen molar-refractivity contribution in [2.45, 2.75) is 354 Å². The smallest absolute Gasteiger partial charge is 0.361 e. The zero-order valence-electron chi connectivity index (χ0n) is 63.0. The van der Waals surface area contributed by atoms with Gasteiger partial charge in [0, 0.05) is 12.8 Å². The number of esters is 2. The van der Waals surface area contributed by atoms with E-state index in [4.69, 9.17) is 18.9 Å². The Morgan fingerprint density at radius 3 is 0.885 bits per heavy atom. The van der Waals surface area contributed by atoms with E-state index < -0.39 is 24.3 Å². The molecule has 0 spiro atoms. The van der Waals surface area contributed by atoms with Crippen LogP contribution < -0.4 is 0 Å². The van der Waals surface area contributed by atoms with Crippen molar-refractivity contribution < 1.29 is 42.9 Å². The van der Waals surface area contributed by atoms with Crippen molar-refractivity contribution in [3.63, 3.8) is 0 Å². The first-order valence-electron chi connectivity index (χ1n) is 39.8. The van der Waals surface area contributed by atoms with Crippen LogP contribution in [-0.4, -0.2) is 87.4 Å². The number of likely N-dealkylation sites (N-methyl/N-ethyl adjacent to an activating group) is 1. The number of carboxylic acids is 1. The Morgan fingerprint density at radius 2 is 0.594 bits per heavy atom. The third kappa shape index (κ3) is 76.8. The van der Waals surface area contributed by atoms with E-state index in [9.17, 15) is 19.5 Å². The fourth-order valence-electron chi connectivity index (χ4n) is 11.1. The number of ether oxygens (including phenoxy) is 4. The van der Waals surface area contributed by atoms with Gasteiger partial charge in [-0.05, 0) is 96.3 Å². The Kier molecular flexibility index (Phi) is 72.6. The fraction of sp³-hybridized carbons (Fsp3) is 0.713. The average molecular weight is 1340 g/mol. The summed E-state index contributed by atoms with van der Waals surface area (Å²) < 4.78 is 23.0. The molecule has 96 heavy (non-hydrogen) atoms. The average Bonchev–Trinajstić information content (AvgIpc) is 2.74. The van der Waals surface area contributed by atoms with Crippen molar-refractivity contribution in [2.75, 3.05) is 47.5 Å². The summed E-state index contributed by atoms with van der Waals surface area (Å²) in [6, 6.07) is 0. The molecule has 0 rings (SSSR count). The molecule has 9 heteroatoms. The molecular formula is C87H150NO8+. The van der Waals surface area contributed by atoms with Gasteiger partial charge in [0.25, 0.3) is 6.29 Å². The van der Waals surface area contributed by atoms with Gasteiger partial charge < -0.3 is 28.5 Å². The highest BCUT2D eigenvalue weighted by Gasteiger charge is 2.25. The van der Waals surface area contributed by atoms with Crippen LogP contribution in [0.1, 0.15) is 341 Å². The van der Waals surface area contributed by atoms with Crippen LogP contribution in [0.2, 0.25) is 0 Å². The van der Waals surface area contributed by atoms with Gasteiger partial charge >= 0.3 is 17.9 Å². The number of rotatable bonds is 73. The first-order chi connectivity index (χ1) is 47.1. The van der Waals surface area contributed by atoms with Crippen LogP contribution >= 0.6 is 0 Å². The summed E-state index contributed by atoms with van der Waals surface area (Å²) in [5.74, 6) is -2.05. The highest BCUT2D eigenvalue weighted by atomic mass is 16.7. The van der Waals surface area contributed by atoms with Crippen molar-refractivity contribution in [3.8, 4) is 0 Å². The van der Waals surface area contributed by atoms with Gasteiger partial charge in [-0.15, -0.1) is 0 Å². The molecule has 0 aliphatic rings. The number of quaternary nitrogens is 1. The summed E-state index contributed by atoms with van der Waals surface area (Å²) in [5.41, 5.74) is 0. The lowest BCUT2D eigenvalue weighted by molar-refractivity contribution is -0.870. The first-order valence-corrected chi connectivity index (χ1v) is 39.8. The Labute approximate surface area is 592 Å². The minimum Gasteiger partial charge on any atom is -0.477 e.